The Morgan fingerprint density at radius 3 is 2.68 bits per heavy atom. The SMILES string of the molecule is Cc1ccccc1-n1c(=S)sc2c(=O)n(-c3ccc(C4CO4)cc3)c(SCC#N)nc21. The number of aromatic nitrogens is 3. The van der Waals surface area contributed by atoms with E-state index in [1.165, 1.54) is 23.1 Å². The first-order chi connectivity index (χ1) is 15.1. The largest absolute Gasteiger partial charge is 0.368 e. The number of fused-ring (bicyclic) bond motifs is 1. The molecule has 154 valence electrons. The Hall–Kier alpha value is -2.77. The Balaban J connectivity index is 1.75. The molecule has 6 nitrogen and oxygen atoms in total. The van der Waals surface area contributed by atoms with Crippen molar-refractivity contribution in [3.63, 3.8) is 0 Å². The van der Waals surface area contributed by atoms with Gasteiger partial charge in [-0.2, -0.15) is 5.26 Å². The number of rotatable bonds is 5. The third-order valence-corrected chi connectivity index (χ3v) is 7.21. The summed E-state index contributed by atoms with van der Waals surface area (Å²) in [5, 5.41) is 9.59. The van der Waals surface area contributed by atoms with Crippen molar-refractivity contribution < 1.29 is 4.74 Å². The van der Waals surface area contributed by atoms with Crippen LogP contribution in [0.3, 0.4) is 0 Å². The van der Waals surface area contributed by atoms with Crippen LogP contribution in [-0.4, -0.2) is 26.5 Å². The van der Waals surface area contributed by atoms with Gasteiger partial charge in [0.25, 0.3) is 5.56 Å². The van der Waals surface area contributed by atoms with Gasteiger partial charge in [-0.25, -0.2) is 4.98 Å². The van der Waals surface area contributed by atoms with Crippen LogP contribution >= 0.6 is 35.3 Å². The summed E-state index contributed by atoms with van der Waals surface area (Å²) in [6, 6.07) is 17.7. The number of epoxide rings is 1. The van der Waals surface area contributed by atoms with E-state index in [9.17, 15) is 4.79 Å². The minimum Gasteiger partial charge on any atom is -0.368 e. The van der Waals surface area contributed by atoms with Gasteiger partial charge in [-0.05, 0) is 48.5 Å². The van der Waals surface area contributed by atoms with Crippen molar-refractivity contribution in [1.29, 1.82) is 5.26 Å². The average molecular weight is 465 g/mol. The molecule has 0 radical (unpaired) electrons. The highest BCUT2D eigenvalue weighted by molar-refractivity contribution is 7.99. The van der Waals surface area contributed by atoms with E-state index < -0.39 is 0 Å². The molecule has 1 aliphatic rings. The first-order valence-electron chi connectivity index (χ1n) is 9.55. The average Bonchev–Trinajstić information content (AvgIpc) is 3.57. The number of ether oxygens (including phenoxy) is 1. The molecule has 3 heterocycles. The maximum Gasteiger partial charge on any atom is 0.278 e. The van der Waals surface area contributed by atoms with Gasteiger partial charge in [0.05, 0.1) is 29.8 Å². The summed E-state index contributed by atoms with van der Waals surface area (Å²) in [6.07, 6.45) is 0.145. The number of nitriles is 1. The molecule has 1 fully saturated rings. The summed E-state index contributed by atoms with van der Waals surface area (Å²) in [5.74, 6) is 0.182. The number of thiazole rings is 1. The fourth-order valence-corrected chi connectivity index (χ4v) is 5.42. The van der Waals surface area contributed by atoms with Crippen LogP contribution in [-0.2, 0) is 4.74 Å². The number of para-hydroxylation sites is 1. The van der Waals surface area contributed by atoms with Gasteiger partial charge in [-0.3, -0.25) is 13.9 Å². The van der Waals surface area contributed by atoms with E-state index in [1.807, 2.05) is 60.0 Å². The van der Waals surface area contributed by atoms with Crippen LogP contribution in [0.4, 0.5) is 0 Å². The van der Waals surface area contributed by atoms with Crippen LogP contribution in [0.25, 0.3) is 21.7 Å². The smallest absolute Gasteiger partial charge is 0.278 e. The van der Waals surface area contributed by atoms with Crippen molar-refractivity contribution >= 4 is 45.7 Å². The summed E-state index contributed by atoms with van der Waals surface area (Å²) in [6.45, 7) is 2.73. The van der Waals surface area contributed by atoms with E-state index in [0.717, 1.165) is 23.4 Å². The second-order valence-electron chi connectivity index (χ2n) is 7.04. The van der Waals surface area contributed by atoms with Crippen molar-refractivity contribution in [3.05, 3.63) is 74.0 Å². The van der Waals surface area contributed by atoms with E-state index in [0.29, 0.717) is 25.1 Å². The summed E-state index contributed by atoms with van der Waals surface area (Å²) < 4.78 is 9.79. The Morgan fingerprint density at radius 1 is 1.26 bits per heavy atom. The monoisotopic (exact) mass is 464 g/mol. The van der Waals surface area contributed by atoms with E-state index in [2.05, 4.69) is 6.07 Å². The molecule has 1 saturated heterocycles. The van der Waals surface area contributed by atoms with E-state index >= 15 is 0 Å². The zero-order chi connectivity index (χ0) is 21.5. The van der Waals surface area contributed by atoms with Gasteiger partial charge in [0.2, 0.25) is 0 Å². The molecule has 2 aromatic heterocycles. The van der Waals surface area contributed by atoms with E-state index in [-0.39, 0.29) is 17.4 Å². The van der Waals surface area contributed by atoms with Gasteiger partial charge in [0.15, 0.2) is 14.8 Å². The molecule has 0 spiro atoms. The van der Waals surface area contributed by atoms with Gasteiger partial charge < -0.3 is 4.74 Å². The van der Waals surface area contributed by atoms with Gasteiger partial charge in [0.1, 0.15) is 10.8 Å². The van der Waals surface area contributed by atoms with Crippen LogP contribution in [0.1, 0.15) is 17.2 Å². The Kier molecular flexibility index (Phi) is 5.24. The molecule has 1 unspecified atom stereocenters. The highest BCUT2D eigenvalue weighted by atomic mass is 32.2. The molecule has 5 rings (SSSR count). The van der Waals surface area contributed by atoms with Gasteiger partial charge >= 0.3 is 0 Å². The van der Waals surface area contributed by atoms with Crippen LogP contribution in [0.5, 0.6) is 0 Å². The lowest BCUT2D eigenvalue weighted by Gasteiger charge is -2.13. The molecule has 0 N–H and O–H groups in total. The molecule has 0 amide bonds. The zero-order valence-electron chi connectivity index (χ0n) is 16.4. The second-order valence-corrected chi connectivity index (χ2v) is 9.62. The standard InChI is InChI=1S/C22H16N4O2S3/c1-13-4-2-3-5-16(13)26-19-18(31-22(26)29)20(27)25(21(24-19)30-11-10-23)15-8-6-14(7-9-15)17-12-28-17/h2-9,17H,11-12H2,1H3. The Labute approximate surface area is 191 Å². The lowest BCUT2D eigenvalue weighted by atomic mass is 10.1. The molecular weight excluding hydrogens is 448 g/mol. The molecule has 1 aliphatic heterocycles. The second kappa shape index (κ2) is 8.05. The molecule has 1 atom stereocenters. The first kappa shape index (κ1) is 20.2. The van der Waals surface area contributed by atoms with Crippen LogP contribution < -0.4 is 5.56 Å². The van der Waals surface area contributed by atoms with Gasteiger partial charge in [0, 0.05) is 0 Å². The number of hydrogen-bond donors (Lipinski definition) is 0. The highest BCUT2D eigenvalue weighted by Gasteiger charge is 2.25. The topological polar surface area (TPSA) is 76.1 Å². The zero-order valence-corrected chi connectivity index (χ0v) is 18.9. The number of nitrogens with zero attached hydrogens (tertiary/aromatic N) is 4. The first-order valence-corrected chi connectivity index (χ1v) is 11.8. The normalized spacial score (nSPS) is 15.2. The van der Waals surface area contributed by atoms with Crippen LogP contribution in [0.2, 0.25) is 0 Å². The van der Waals surface area contributed by atoms with Gasteiger partial charge in [-0.1, -0.05) is 53.4 Å². The maximum absolute atomic E-state index is 13.6. The van der Waals surface area contributed by atoms with Crippen LogP contribution in [0.15, 0.2) is 58.5 Å². The molecular formula is C22H16N4O2S3. The quantitative estimate of drug-likeness (QED) is 0.180. The van der Waals surface area contributed by atoms with E-state index in [4.69, 9.17) is 27.2 Å². The third kappa shape index (κ3) is 3.62. The fourth-order valence-electron chi connectivity index (χ4n) is 3.46. The number of hydrogen-bond acceptors (Lipinski definition) is 7. The highest BCUT2D eigenvalue weighted by Crippen LogP contribution is 2.31. The van der Waals surface area contributed by atoms with Crippen molar-refractivity contribution in [2.75, 3.05) is 12.4 Å². The minimum atomic E-state index is -0.190. The van der Waals surface area contributed by atoms with Crippen LogP contribution in [0, 0.1) is 22.2 Å². The fraction of sp³-hybridized carbons (Fsp3) is 0.182. The molecule has 31 heavy (non-hydrogen) atoms. The van der Waals surface area contributed by atoms with Crippen molar-refractivity contribution in [2.45, 2.75) is 18.2 Å². The summed E-state index contributed by atoms with van der Waals surface area (Å²) in [5.41, 5.74) is 4.05. The lowest BCUT2D eigenvalue weighted by molar-refractivity contribution is 0.415. The van der Waals surface area contributed by atoms with Gasteiger partial charge in [-0.15, -0.1) is 0 Å². The Morgan fingerprint density at radius 2 is 2.00 bits per heavy atom. The number of benzene rings is 2. The summed E-state index contributed by atoms with van der Waals surface area (Å²) >= 11 is 8.11. The van der Waals surface area contributed by atoms with Crippen molar-refractivity contribution in [2.24, 2.45) is 0 Å². The predicted molar refractivity (Wildman–Crippen MR) is 125 cm³/mol. The lowest BCUT2D eigenvalue weighted by Crippen LogP contribution is -2.21. The van der Waals surface area contributed by atoms with Crippen molar-refractivity contribution in [3.8, 4) is 17.4 Å². The molecule has 4 aromatic rings. The molecule has 0 saturated carbocycles. The minimum absolute atomic E-state index is 0.145. The van der Waals surface area contributed by atoms with E-state index in [1.54, 1.807) is 4.57 Å². The summed E-state index contributed by atoms with van der Waals surface area (Å²) in [4.78, 5) is 18.4. The summed E-state index contributed by atoms with van der Waals surface area (Å²) in [7, 11) is 0. The predicted octanol–water partition coefficient (Wildman–Crippen LogP) is 4.96. The van der Waals surface area contributed by atoms with Crippen molar-refractivity contribution in [1.82, 2.24) is 14.1 Å². The maximum atomic E-state index is 13.6. The molecule has 0 bridgehead atoms. The molecule has 2 aromatic carbocycles. The number of aryl methyl sites for hydroxylation is 1. The molecule has 9 heteroatoms. The third-order valence-electron chi connectivity index (χ3n) is 5.06. The number of thioether (sulfide) groups is 1. The Bertz CT molecular complexity index is 1460. The molecule has 0 aliphatic carbocycles.